The Bertz CT molecular complexity index is 3770. The molecule has 0 aromatic heterocycles. The van der Waals surface area contributed by atoms with Gasteiger partial charge in [0.25, 0.3) is 0 Å². The molecule has 0 N–H and O–H groups in total. The Kier molecular flexibility index (Phi) is 7.60. The standard InChI is InChI=1S/C63H45N/c1-4-16-44(17-5-1)45-28-30-46(31-29-45)47-32-36-52(37-33-47)64(53-38-34-48(35-39-53)60-42-49-18-10-11-23-55(49)56-24-12-13-25-57(56)60)54-40-41-59-58-26-14-15-27-61(58)63(62(59)43-54,50-19-6-2-7-20-50)51-21-8-3-9-22-51/h2-4,6-43H,1,5H2/i32D,34D,35D,36D,37D,38D,39D. The predicted molar refractivity (Wildman–Crippen MR) is 271 cm³/mol. The summed E-state index contributed by atoms with van der Waals surface area (Å²) in [4.78, 5) is 1.53. The van der Waals surface area contributed by atoms with Crippen LogP contribution in [0, 0.1) is 0 Å². The van der Waals surface area contributed by atoms with Crippen molar-refractivity contribution in [2.45, 2.75) is 18.3 Å². The lowest BCUT2D eigenvalue weighted by atomic mass is 9.67. The highest BCUT2D eigenvalue weighted by atomic mass is 15.1. The van der Waals surface area contributed by atoms with Crippen LogP contribution in [0.25, 0.3) is 60.5 Å². The maximum atomic E-state index is 9.99. The SMILES string of the molecule is [2H]c1cc(-c2ccc(C3=CCCC=C3)cc2)c([2H])c([2H])c1N(c1ccc2c(c1)C(c1ccccc1)(c1ccccc1)c1ccccc1-2)c1c([2H])c([2H])c(-c2cc3ccccc3c3ccccc23)c([2H])c1[2H]. The lowest BCUT2D eigenvalue weighted by Crippen LogP contribution is -2.28. The maximum absolute atomic E-state index is 9.99. The molecule has 64 heavy (non-hydrogen) atoms. The number of nitrogens with zero attached hydrogens (tertiary/aromatic N) is 1. The molecule has 0 bridgehead atoms. The van der Waals surface area contributed by atoms with Gasteiger partial charge in [0.05, 0.1) is 15.0 Å². The average molecular weight is 823 g/mol. The van der Waals surface area contributed by atoms with Gasteiger partial charge >= 0.3 is 0 Å². The van der Waals surface area contributed by atoms with Crippen LogP contribution >= 0.6 is 0 Å². The third-order valence-corrected chi connectivity index (χ3v) is 13.0. The molecule has 2 aliphatic rings. The third kappa shape index (κ3) is 6.23. The summed E-state index contributed by atoms with van der Waals surface area (Å²) in [6.45, 7) is 0. The Morgan fingerprint density at radius 1 is 0.391 bits per heavy atom. The molecular weight excluding hydrogens is 771 g/mol. The topological polar surface area (TPSA) is 3.24 Å². The Labute approximate surface area is 385 Å². The molecule has 0 radical (unpaired) electrons. The van der Waals surface area contributed by atoms with Gasteiger partial charge in [-0.05, 0) is 144 Å². The van der Waals surface area contributed by atoms with Crippen molar-refractivity contribution in [3.63, 3.8) is 0 Å². The van der Waals surface area contributed by atoms with Crippen molar-refractivity contribution in [2.24, 2.45) is 0 Å². The summed E-state index contributed by atoms with van der Waals surface area (Å²) in [6, 6.07) is 60.4. The van der Waals surface area contributed by atoms with Crippen LogP contribution in [0.5, 0.6) is 0 Å². The van der Waals surface area contributed by atoms with Crippen LogP contribution in [0.15, 0.2) is 249 Å². The van der Waals surface area contributed by atoms with E-state index < -0.39 is 5.41 Å². The first-order chi connectivity index (χ1) is 34.7. The van der Waals surface area contributed by atoms with E-state index in [0.29, 0.717) is 22.4 Å². The zero-order valence-corrected chi connectivity index (χ0v) is 35.0. The van der Waals surface area contributed by atoms with Crippen LogP contribution in [0.4, 0.5) is 17.1 Å². The van der Waals surface area contributed by atoms with Crippen molar-refractivity contribution < 1.29 is 9.60 Å². The van der Waals surface area contributed by atoms with Gasteiger partial charge in [-0.1, -0.05) is 206 Å². The summed E-state index contributed by atoms with van der Waals surface area (Å²) < 4.78 is 69.0. The van der Waals surface area contributed by atoms with Crippen molar-refractivity contribution in [1.82, 2.24) is 0 Å². The van der Waals surface area contributed by atoms with Crippen molar-refractivity contribution >= 4 is 44.2 Å². The fourth-order valence-electron chi connectivity index (χ4n) is 10.0. The normalized spacial score (nSPS) is 15.2. The number of anilines is 3. The first kappa shape index (κ1) is 30.9. The quantitative estimate of drug-likeness (QED) is 0.138. The molecule has 10 aromatic carbocycles. The molecule has 0 heterocycles. The molecule has 0 spiro atoms. The number of hydrogen-bond donors (Lipinski definition) is 0. The van der Waals surface area contributed by atoms with Gasteiger partial charge in [0.1, 0.15) is 0 Å². The second-order valence-electron chi connectivity index (χ2n) is 16.5. The van der Waals surface area contributed by atoms with Gasteiger partial charge in [0, 0.05) is 17.1 Å². The van der Waals surface area contributed by atoms with E-state index in [2.05, 4.69) is 60.7 Å². The van der Waals surface area contributed by atoms with Gasteiger partial charge in [-0.3, -0.25) is 0 Å². The Morgan fingerprint density at radius 2 is 1.00 bits per heavy atom. The van der Waals surface area contributed by atoms with Crippen molar-refractivity contribution in [1.29, 1.82) is 0 Å². The first-order valence-electron chi connectivity index (χ1n) is 25.4. The smallest absolute Gasteiger partial charge is 0.0714 e. The minimum Gasteiger partial charge on any atom is -0.310 e. The minimum absolute atomic E-state index is 0.0296. The molecule has 0 unspecified atom stereocenters. The molecule has 2 aliphatic carbocycles. The number of allylic oxidation sites excluding steroid dienone is 4. The molecular formula is C63H45N. The van der Waals surface area contributed by atoms with Gasteiger partial charge in [-0.15, -0.1) is 0 Å². The van der Waals surface area contributed by atoms with Gasteiger partial charge in [0.2, 0.25) is 0 Å². The van der Waals surface area contributed by atoms with Crippen LogP contribution < -0.4 is 4.90 Å². The summed E-state index contributed by atoms with van der Waals surface area (Å²) in [5.74, 6) is 0. The van der Waals surface area contributed by atoms with E-state index in [1.165, 1.54) is 4.90 Å². The minimum atomic E-state index is -0.834. The third-order valence-electron chi connectivity index (χ3n) is 13.0. The van der Waals surface area contributed by atoms with Crippen molar-refractivity contribution in [3.05, 3.63) is 276 Å². The highest BCUT2D eigenvalue weighted by Crippen LogP contribution is 2.57. The molecule has 1 heteroatoms. The second-order valence-corrected chi connectivity index (χ2v) is 16.5. The van der Waals surface area contributed by atoms with Crippen LogP contribution in [0.3, 0.4) is 0 Å². The zero-order chi connectivity index (χ0) is 48.5. The number of rotatable bonds is 8. The molecule has 0 saturated heterocycles. The maximum Gasteiger partial charge on any atom is 0.0714 e. The molecule has 0 atom stereocenters. The fraction of sp³-hybridized carbons (Fsp3) is 0.0476. The van der Waals surface area contributed by atoms with E-state index in [-0.39, 0.29) is 59.2 Å². The van der Waals surface area contributed by atoms with Crippen LogP contribution in [0.1, 0.15) is 50.3 Å². The number of hydrogen-bond acceptors (Lipinski definition) is 1. The summed E-state index contributed by atoms with van der Waals surface area (Å²) in [6.07, 6.45) is 8.46. The lowest BCUT2D eigenvalue weighted by Gasteiger charge is -2.35. The van der Waals surface area contributed by atoms with E-state index in [1.807, 2.05) is 140 Å². The summed E-state index contributed by atoms with van der Waals surface area (Å²) in [5, 5.41) is 3.65. The molecule has 302 valence electrons. The highest BCUT2D eigenvalue weighted by Gasteiger charge is 2.46. The van der Waals surface area contributed by atoms with Gasteiger partial charge in [-0.2, -0.15) is 0 Å². The molecule has 0 aliphatic heterocycles. The molecule has 0 fully saturated rings. The van der Waals surface area contributed by atoms with Crippen LogP contribution in [-0.2, 0) is 5.41 Å². The molecule has 0 amide bonds. The predicted octanol–water partition coefficient (Wildman–Crippen LogP) is 16.9. The van der Waals surface area contributed by atoms with E-state index >= 15 is 0 Å². The van der Waals surface area contributed by atoms with Crippen LogP contribution in [0.2, 0.25) is 0 Å². The van der Waals surface area contributed by atoms with Crippen molar-refractivity contribution in [2.75, 3.05) is 4.90 Å². The fourth-order valence-corrected chi connectivity index (χ4v) is 10.0. The average Bonchev–Trinajstić information content (AvgIpc) is 3.72. The second kappa shape index (κ2) is 15.7. The molecule has 10 aromatic rings. The summed E-state index contributed by atoms with van der Waals surface area (Å²) in [5.41, 5.74) is 9.48. The number of benzene rings is 10. The zero-order valence-electron chi connectivity index (χ0n) is 42.0. The summed E-state index contributed by atoms with van der Waals surface area (Å²) >= 11 is 0. The molecule has 1 nitrogen and oxygen atoms in total. The Balaban J connectivity index is 1.12. The van der Waals surface area contributed by atoms with Gasteiger partial charge in [0.15, 0.2) is 0 Å². The first-order valence-corrected chi connectivity index (χ1v) is 21.9. The van der Waals surface area contributed by atoms with Crippen LogP contribution in [-0.4, -0.2) is 0 Å². The highest BCUT2D eigenvalue weighted by molar-refractivity contribution is 6.13. The number of fused-ring (bicyclic) bond motifs is 6. The Hall–Kier alpha value is -8.00. The molecule has 0 saturated carbocycles. The van der Waals surface area contributed by atoms with Gasteiger partial charge in [-0.25, -0.2) is 0 Å². The summed E-state index contributed by atoms with van der Waals surface area (Å²) in [7, 11) is 0. The molecule has 12 rings (SSSR count). The van der Waals surface area contributed by atoms with E-state index in [4.69, 9.17) is 0 Å². The van der Waals surface area contributed by atoms with Crippen molar-refractivity contribution in [3.8, 4) is 33.4 Å². The van der Waals surface area contributed by atoms with E-state index in [1.54, 1.807) is 6.07 Å². The van der Waals surface area contributed by atoms with E-state index in [0.717, 1.165) is 78.9 Å². The lowest BCUT2D eigenvalue weighted by molar-refractivity contribution is 0.768. The monoisotopic (exact) mass is 822 g/mol. The van der Waals surface area contributed by atoms with Gasteiger partial charge < -0.3 is 4.90 Å². The Morgan fingerprint density at radius 3 is 1.73 bits per heavy atom. The largest absolute Gasteiger partial charge is 0.310 e. The van der Waals surface area contributed by atoms with E-state index in [9.17, 15) is 9.60 Å².